The van der Waals surface area contributed by atoms with Crippen LogP contribution in [-0.4, -0.2) is 22.7 Å². The molecule has 184 valence electrons. The van der Waals surface area contributed by atoms with Crippen molar-refractivity contribution >= 4 is 45.2 Å². The highest BCUT2D eigenvalue weighted by Gasteiger charge is 2.20. The summed E-state index contributed by atoms with van der Waals surface area (Å²) in [7, 11) is 0. The van der Waals surface area contributed by atoms with Gasteiger partial charge in [-0.25, -0.2) is 4.39 Å². The molecule has 0 aliphatic heterocycles. The molecular formula is C28H22FN5O3. The zero-order valence-corrected chi connectivity index (χ0v) is 19.5. The van der Waals surface area contributed by atoms with Crippen LogP contribution in [0.2, 0.25) is 0 Å². The maximum Gasteiger partial charge on any atom is 0.255 e. The van der Waals surface area contributed by atoms with Crippen molar-refractivity contribution in [2.24, 2.45) is 17.2 Å². The highest BCUT2D eigenvalue weighted by Crippen LogP contribution is 2.39. The summed E-state index contributed by atoms with van der Waals surface area (Å²) in [5.41, 5.74) is 21.9. The first-order valence-corrected chi connectivity index (χ1v) is 11.4. The van der Waals surface area contributed by atoms with Crippen molar-refractivity contribution in [3.63, 3.8) is 0 Å². The molecule has 0 bridgehead atoms. The Labute approximate surface area is 210 Å². The molecule has 8 N–H and O–H groups in total. The number of fused-ring (bicyclic) bond motifs is 3. The van der Waals surface area contributed by atoms with Crippen LogP contribution < -0.4 is 22.5 Å². The third kappa shape index (κ3) is 4.17. The van der Waals surface area contributed by atoms with E-state index in [0.29, 0.717) is 38.8 Å². The van der Waals surface area contributed by atoms with Gasteiger partial charge in [0.05, 0.1) is 11.1 Å². The van der Waals surface area contributed by atoms with E-state index in [1.54, 1.807) is 42.5 Å². The predicted molar refractivity (Wildman–Crippen MR) is 141 cm³/mol. The molecule has 8 nitrogen and oxygen atoms in total. The highest BCUT2D eigenvalue weighted by atomic mass is 19.1. The van der Waals surface area contributed by atoms with Crippen molar-refractivity contribution in [1.29, 1.82) is 0 Å². The lowest BCUT2D eigenvalue weighted by Gasteiger charge is -2.16. The molecule has 1 heterocycles. The third-order valence-corrected chi connectivity index (χ3v) is 6.33. The minimum atomic E-state index is -0.613. The van der Waals surface area contributed by atoms with Crippen LogP contribution in [0.15, 0.2) is 72.8 Å². The molecule has 0 aliphatic carbocycles. The number of nitrogens with two attached hydrogens (primary N) is 3. The van der Waals surface area contributed by atoms with Gasteiger partial charge in [-0.15, -0.1) is 0 Å². The van der Waals surface area contributed by atoms with Crippen LogP contribution in [-0.2, 0) is 6.54 Å². The van der Waals surface area contributed by atoms with Crippen molar-refractivity contribution in [3.05, 3.63) is 101 Å². The molecule has 0 radical (unpaired) electrons. The molecule has 0 unspecified atom stereocenters. The van der Waals surface area contributed by atoms with Crippen LogP contribution in [0.5, 0.6) is 0 Å². The fraction of sp³-hybridized carbons (Fsp3) is 0.0357. The lowest BCUT2D eigenvalue weighted by atomic mass is 9.92. The largest absolute Gasteiger partial charge is 0.366 e. The molecule has 4 aromatic carbocycles. The molecule has 3 amide bonds. The molecule has 9 heteroatoms. The number of hydrogen-bond donors (Lipinski definition) is 5. The molecule has 1 aromatic heterocycles. The smallest absolute Gasteiger partial charge is 0.255 e. The van der Waals surface area contributed by atoms with E-state index in [2.05, 4.69) is 10.3 Å². The highest BCUT2D eigenvalue weighted by molar-refractivity contribution is 6.20. The second-order valence-corrected chi connectivity index (χ2v) is 8.52. The van der Waals surface area contributed by atoms with Crippen molar-refractivity contribution in [2.45, 2.75) is 6.54 Å². The Bertz CT molecular complexity index is 1720. The fourth-order valence-electron chi connectivity index (χ4n) is 4.57. The minimum Gasteiger partial charge on any atom is -0.366 e. The van der Waals surface area contributed by atoms with Crippen molar-refractivity contribution < 1.29 is 18.8 Å². The molecule has 0 fully saturated rings. The van der Waals surface area contributed by atoms with E-state index in [0.717, 1.165) is 16.5 Å². The van der Waals surface area contributed by atoms with Gasteiger partial charge in [-0.05, 0) is 65.2 Å². The summed E-state index contributed by atoms with van der Waals surface area (Å²) < 4.78 is 13.3. The van der Waals surface area contributed by atoms with Crippen LogP contribution >= 0.6 is 0 Å². The molecule has 5 aromatic rings. The minimum absolute atomic E-state index is 0.0997. The van der Waals surface area contributed by atoms with Crippen LogP contribution in [0.1, 0.15) is 36.6 Å². The number of carbonyl (C=O) groups excluding carboxylic acids is 3. The molecule has 0 saturated carbocycles. The van der Waals surface area contributed by atoms with Gasteiger partial charge in [-0.1, -0.05) is 24.3 Å². The van der Waals surface area contributed by atoms with Gasteiger partial charge in [0.1, 0.15) is 5.82 Å². The van der Waals surface area contributed by atoms with Gasteiger partial charge in [0.15, 0.2) is 0 Å². The first kappa shape index (κ1) is 23.7. The van der Waals surface area contributed by atoms with E-state index in [4.69, 9.17) is 17.2 Å². The number of primary amides is 2. The Morgan fingerprint density at radius 2 is 1.57 bits per heavy atom. The number of benzene rings is 4. The molecule has 5 rings (SSSR count). The summed E-state index contributed by atoms with van der Waals surface area (Å²) in [5, 5.41) is 4.32. The molecule has 0 atom stereocenters. The van der Waals surface area contributed by atoms with Crippen LogP contribution in [0.3, 0.4) is 0 Å². The van der Waals surface area contributed by atoms with Crippen molar-refractivity contribution in [1.82, 2.24) is 4.98 Å². The summed E-state index contributed by atoms with van der Waals surface area (Å²) in [6, 6.07) is 19.0. The Kier molecular flexibility index (Phi) is 5.90. The lowest BCUT2D eigenvalue weighted by Crippen LogP contribution is -2.15. The summed E-state index contributed by atoms with van der Waals surface area (Å²) in [6.07, 6.45) is 0. The average molecular weight is 496 g/mol. The van der Waals surface area contributed by atoms with E-state index in [1.807, 2.05) is 6.07 Å². The first-order chi connectivity index (χ1) is 17.8. The maximum absolute atomic E-state index is 13.3. The number of aromatic amines is 1. The molecule has 0 aliphatic rings. The van der Waals surface area contributed by atoms with Crippen molar-refractivity contribution in [3.8, 4) is 11.1 Å². The average Bonchev–Trinajstić information content (AvgIpc) is 3.27. The number of hydrogen-bond acceptors (Lipinski definition) is 4. The number of rotatable bonds is 6. The fourth-order valence-corrected chi connectivity index (χ4v) is 4.57. The van der Waals surface area contributed by atoms with Gasteiger partial charge in [0.25, 0.3) is 11.8 Å². The van der Waals surface area contributed by atoms with E-state index in [-0.39, 0.29) is 12.1 Å². The van der Waals surface area contributed by atoms with Gasteiger partial charge in [0, 0.05) is 39.6 Å². The maximum atomic E-state index is 13.3. The van der Waals surface area contributed by atoms with Crippen LogP contribution in [0.4, 0.5) is 10.1 Å². The summed E-state index contributed by atoms with van der Waals surface area (Å²) in [6.45, 7) is 0.0997. The van der Waals surface area contributed by atoms with E-state index >= 15 is 0 Å². The monoisotopic (exact) mass is 495 g/mol. The number of carbonyl (C=O) groups is 3. The molecular weight excluding hydrogens is 473 g/mol. The summed E-state index contributed by atoms with van der Waals surface area (Å²) in [5.74, 6) is -2.04. The van der Waals surface area contributed by atoms with Crippen LogP contribution in [0, 0.1) is 5.82 Å². The quantitative estimate of drug-likeness (QED) is 0.241. The molecule has 0 saturated heterocycles. The van der Waals surface area contributed by atoms with Gasteiger partial charge in [-0.3, -0.25) is 14.4 Å². The Morgan fingerprint density at radius 3 is 2.24 bits per heavy atom. The molecule has 37 heavy (non-hydrogen) atoms. The zero-order chi connectivity index (χ0) is 26.3. The summed E-state index contributed by atoms with van der Waals surface area (Å²) in [4.78, 5) is 40.0. The van der Waals surface area contributed by atoms with Crippen molar-refractivity contribution in [2.75, 3.05) is 5.32 Å². The lowest BCUT2D eigenvalue weighted by molar-refractivity contribution is 0.0992. The Hall–Kier alpha value is -5.02. The number of amides is 3. The van der Waals surface area contributed by atoms with Gasteiger partial charge >= 0.3 is 0 Å². The predicted octanol–water partition coefficient (Wildman–Crippen LogP) is 4.04. The standard InChI is InChI=1S/C28H22FN5O3/c29-16-7-4-14(5-8-16)28(37)34-22-3-1-2-17(21(22)13-30)18-10-11-20(27(32)36)25-24(18)19-9-6-15(26(31)35)12-23(19)33-25/h1-12,33H,13,30H2,(H2,31,35)(H2,32,36)(H,34,37). The Balaban J connectivity index is 1.70. The molecule has 0 spiro atoms. The zero-order valence-electron chi connectivity index (χ0n) is 19.5. The number of aromatic nitrogens is 1. The number of halogens is 1. The van der Waals surface area contributed by atoms with E-state index in [1.165, 1.54) is 24.3 Å². The number of anilines is 1. The van der Waals surface area contributed by atoms with E-state index in [9.17, 15) is 18.8 Å². The normalized spacial score (nSPS) is 11.1. The summed E-state index contributed by atoms with van der Waals surface area (Å²) >= 11 is 0. The van der Waals surface area contributed by atoms with E-state index < -0.39 is 23.5 Å². The topological polar surface area (TPSA) is 157 Å². The second kappa shape index (κ2) is 9.21. The first-order valence-electron chi connectivity index (χ1n) is 11.4. The van der Waals surface area contributed by atoms with Gasteiger partial charge in [-0.2, -0.15) is 0 Å². The SMILES string of the molecule is NCc1c(NC(=O)c2ccc(F)cc2)cccc1-c1ccc(C(N)=O)c2[nH]c3cc(C(N)=O)ccc3c12. The van der Waals surface area contributed by atoms with Gasteiger partial charge in [0.2, 0.25) is 5.91 Å². The number of nitrogens with one attached hydrogen (secondary N) is 2. The third-order valence-electron chi connectivity index (χ3n) is 6.33. The number of H-pyrrole nitrogens is 1. The second-order valence-electron chi connectivity index (χ2n) is 8.52. The van der Waals surface area contributed by atoms with Gasteiger partial charge < -0.3 is 27.5 Å². The van der Waals surface area contributed by atoms with Crippen LogP contribution in [0.25, 0.3) is 32.9 Å². The Morgan fingerprint density at radius 1 is 0.838 bits per heavy atom.